The summed E-state index contributed by atoms with van der Waals surface area (Å²) in [4.78, 5) is 42.3. The number of rotatable bonds is 4. The van der Waals surface area contributed by atoms with Gasteiger partial charge in [0.2, 0.25) is 5.91 Å². The summed E-state index contributed by atoms with van der Waals surface area (Å²) < 4.78 is 5.02. The quantitative estimate of drug-likeness (QED) is 0.918. The SMILES string of the molecule is CCCCC(=O)N1CCCN(C(=O)c2ccc3[nH]c(=O)oc3c2)CC1. The fourth-order valence-electron chi connectivity index (χ4n) is 3.12. The van der Waals surface area contributed by atoms with Gasteiger partial charge in [-0.3, -0.25) is 14.6 Å². The van der Waals surface area contributed by atoms with Crippen molar-refractivity contribution in [3.05, 3.63) is 34.3 Å². The Morgan fingerprint density at radius 1 is 1.16 bits per heavy atom. The highest BCUT2D eigenvalue weighted by atomic mass is 16.4. The van der Waals surface area contributed by atoms with E-state index in [2.05, 4.69) is 11.9 Å². The lowest BCUT2D eigenvalue weighted by atomic mass is 10.1. The van der Waals surface area contributed by atoms with E-state index < -0.39 is 5.76 Å². The predicted octanol–water partition coefficient (Wildman–Crippen LogP) is 1.99. The molecule has 1 aromatic heterocycles. The van der Waals surface area contributed by atoms with E-state index in [4.69, 9.17) is 4.42 Å². The molecule has 7 nitrogen and oxygen atoms in total. The number of benzene rings is 1. The van der Waals surface area contributed by atoms with Gasteiger partial charge in [0.25, 0.3) is 5.91 Å². The van der Waals surface area contributed by atoms with Gasteiger partial charge < -0.3 is 14.2 Å². The molecule has 0 unspecified atom stereocenters. The molecule has 7 heteroatoms. The van der Waals surface area contributed by atoms with E-state index in [1.807, 2.05) is 4.90 Å². The highest BCUT2D eigenvalue weighted by Crippen LogP contribution is 2.16. The molecule has 3 rings (SSSR count). The molecule has 0 saturated carbocycles. The Morgan fingerprint density at radius 2 is 1.92 bits per heavy atom. The van der Waals surface area contributed by atoms with Crippen molar-refractivity contribution >= 4 is 22.9 Å². The fraction of sp³-hybridized carbons (Fsp3) is 0.500. The van der Waals surface area contributed by atoms with Gasteiger partial charge in [-0.05, 0) is 31.0 Å². The van der Waals surface area contributed by atoms with Crippen molar-refractivity contribution in [2.75, 3.05) is 26.2 Å². The monoisotopic (exact) mass is 345 g/mol. The summed E-state index contributed by atoms with van der Waals surface area (Å²) in [5.41, 5.74) is 1.44. The normalized spacial score (nSPS) is 15.4. The second-order valence-corrected chi connectivity index (χ2v) is 6.36. The van der Waals surface area contributed by atoms with Gasteiger partial charge in [0.15, 0.2) is 5.58 Å². The van der Waals surface area contributed by atoms with Crippen LogP contribution in [-0.2, 0) is 4.79 Å². The average molecular weight is 345 g/mol. The molecule has 0 spiro atoms. The number of carbonyl (C=O) groups excluding carboxylic acids is 2. The number of carbonyl (C=O) groups is 2. The van der Waals surface area contributed by atoms with Crippen molar-refractivity contribution in [1.82, 2.24) is 14.8 Å². The zero-order valence-electron chi connectivity index (χ0n) is 14.4. The van der Waals surface area contributed by atoms with E-state index in [1.54, 1.807) is 23.1 Å². The number of hydrogen-bond donors (Lipinski definition) is 1. The van der Waals surface area contributed by atoms with Gasteiger partial charge >= 0.3 is 5.76 Å². The Hall–Kier alpha value is -2.57. The second-order valence-electron chi connectivity index (χ2n) is 6.36. The van der Waals surface area contributed by atoms with Gasteiger partial charge in [-0.2, -0.15) is 0 Å². The van der Waals surface area contributed by atoms with Crippen molar-refractivity contribution < 1.29 is 14.0 Å². The number of nitrogens with one attached hydrogen (secondary N) is 1. The number of hydrogen-bond acceptors (Lipinski definition) is 4. The Balaban J connectivity index is 1.67. The van der Waals surface area contributed by atoms with E-state index in [0.717, 1.165) is 19.3 Å². The first-order valence-electron chi connectivity index (χ1n) is 8.78. The maximum absolute atomic E-state index is 12.7. The third kappa shape index (κ3) is 3.92. The minimum atomic E-state index is -0.532. The van der Waals surface area contributed by atoms with Crippen LogP contribution in [0.15, 0.2) is 27.4 Å². The number of aromatic amines is 1. The zero-order valence-corrected chi connectivity index (χ0v) is 14.4. The van der Waals surface area contributed by atoms with Gasteiger partial charge in [-0.1, -0.05) is 13.3 Å². The number of fused-ring (bicyclic) bond motifs is 1. The van der Waals surface area contributed by atoms with E-state index in [1.165, 1.54) is 0 Å². The molecule has 1 N–H and O–H groups in total. The number of nitrogens with zero attached hydrogens (tertiary/aromatic N) is 2. The third-order valence-corrected chi connectivity index (χ3v) is 4.55. The fourth-order valence-corrected chi connectivity index (χ4v) is 3.12. The van der Waals surface area contributed by atoms with Crippen molar-refractivity contribution in [2.45, 2.75) is 32.6 Å². The molecular formula is C18H23N3O4. The molecule has 1 aliphatic rings. The molecular weight excluding hydrogens is 322 g/mol. The first-order valence-corrected chi connectivity index (χ1v) is 8.78. The van der Waals surface area contributed by atoms with Crippen LogP contribution >= 0.6 is 0 Å². The summed E-state index contributed by atoms with van der Waals surface area (Å²) in [5.74, 6) is -0.462. The van der Waals surface area contributed by atoms with Crippen LogP contribution in [0.25, 0.3) is 11.1 Å². The molecule has 0 radical (unpaired) electrons. The Kier molecular flexibility index (Phi) is 5.21. The lowest BCUT2D eigenvalue weighted by molar-refractivity contribution is -0.131. The van der Waals surface area contributed by atoms with E-state index in [9.17, 15) is 14.4 Å². The number of H-pyrrole nitrogens is 1. The van der Waals surface area contributed by atoms with Crippen LogP contribution < -0.4 is 5.76 Å². The van der Waals surface area contributed by atoms with Crippen molar-refractivity contribution in [1.29, 1.82) is 0 Å². The summed E-state index contributed by atoms with van der Waals surface area (Å²) >= 11 is 0. The topological polar surface area (TPSA) is 86.6 Å². The second kappa shape index (κ2) is 7.55. The summed E-state index contributed by atoms with van der Waals surface area (Å²) in [6, 6.07) is 4.95. The average Bonchev–Trinajstić information content (AvgIpc) is 2.82. The smallest absolute Gasteiger partial charge is 0.408 e. The number of amides is 2. The molecule has 1 aromatic carbocycles. The minimum absolute atomic E-state index is 0.103. The molecule has 2 amide bonds. The largest absolute Gasteiger partial charge is 0.417 e. The van der Waals surface area contributed by atoms with E-state index >= 15 is 0 Å². The Bertz CT molecular complexity index is 823. The van der Waals surface area contributed by atoms with Gasteiger partial charge in [0.1, 0.15) is 0 Å². The van der Waals surface area contributed by atoms with Crippen LogP contribution in [0, 0.1) is 0 Å². The highest BCUT2D eigenvalue weighted by molar-refractivity contribution is 5.97. The van der Waals surface area contributed by atoms with Crippen molar-refractivity contribution in [2.24, 2.45) is 0 Å². The van der Waals surface area contributed by atoms with E-state index in [-0.39, 0.29) is 11.8 Å². The van der Waals surface area contributed by atoms with E-state index in [0.29, 0.717) is 49.3 Å². The molecule has 1 saturated heterocycles. The first-order chi connectivity index (χ1) is 12.1. The summed E-state index contributed by atoms with van der Waals surface area (Å²) in [7, 11) is 0. The van der Waals surface area contributed by atoms with Crippen LogP contribution in [0.4, 0.5) is 0 Å². The maximum atomic E-state index is 12.7. The lowest BCUT2D eigenvalue weighted by Crippen LogP contribution is -2.37. The van der Waals surface area contributed by atoms with Crippen LogP contribution in [-0.4, -0.2) is 52.8 Å². The molecule has 134 valence electrons. The first kappa shape index (κ1) is 17.3. The standard InChI is InChI=1S/C18H23N3O4/c1-2-3-5-16(22)20-8-4-9-21(11-10-20)17(23)13-6-7-14-15(12-13)25-18(24)19-14/h6-7,12H,2-5,8-11H2,1H3,(H,19,24). The molecule has 0 atom stereocenters. The van der Waals surface area contributed by atoms with Crippen molar-refractivity contribution in [3.63, 3.8) is 0 Å². The van der Waals surface area contributed by atoms with Crippen molar-refractivity contribution in [3.8, 4) is 0 Å². The van der Waals surface area contributed by atoms with Gasteiger partial charge in [-0.15, -0.1) is 0 Å². The molecule has 2 aromatic rings. The molecule has 2 heterocycles. The van der Waals surface area contributed by atoms with Crippen LogP contribution in [0.5, 0.6) is 0 Å². The number of oxazole rings is 1. The summed E-state index contributed by atoms with van der Waals surface area (Å²) in [5, 5.41) is 0. The molecule has 1 aliphatic heterocycles. The van der Waals surface area contributed by atoms with Gasteiger partial charge in [-0.25, -0.2) is 4.79 Å². The highest BCUT2D eigenvalue weighted by Gasteiger charge is 2.23. The summed E-state index contributed by atoms with van der Waals surface area (Å²) in [6.45, 7) is 4.46. The molecule has 25 heavy (non-hydrogen) atoms. The molecule has 0 bridgehead atoms. The predicted molar refractivity (Wildman–Crippen MR) is 93.5 cm³/mol. The van der Waals surface area contributed by atoms with Crippen LogP contribution in [0.3, 0.4) is 0 Å². The third-order valence-electron chi connectivity index (χ3n) is 4.55. The molecule has 0 aliphatic carbocycles. The Morgan fingerprint density at radius 3 is 2.72 bits per heavy atom. The van der Waals surface area contributed by atoms with Crippen LogP contribution in [0.2, 0.25) is 0 Å². The summed E-state index contributed by atoms with van der Waals surface area (Å²) in [6.07, 6.45) is 3.25. The minimum Gasteiger partial charge on any atom is -0.408 e. The van der Waals surface area contributed by atoms with Gasteiger partial charge in [0.05, 0.1) is 5.52 Å². The number of unbranched alkanes of at least 4 members (excludes halogenated alkanes) is 1. The number of aromatic nitrogens is 1. The van der Waals surface area contributed by atoms with Gasteiger partial charge in [0, 0.05) is 38.2 Å². The maximum Gasteiger partial charge on any atom is 0.417 e. The lowest BCUT2D eigenvalue weighted by Gasteiger charge is -2.22. The van der Waals surface area contributed by atoms with Crippen LogP contribution in [0.1, 0.15) is 43.0 Å². The Labute approximate surface area is 145 Å². The zero-order chi connectivity index (χ0) is 17.8. The molecule has 1 fully saturated rings.